The van der Waals surface area contributed by atoms with E-state index in [1.807, 2.05) is 0 Å². The normalized spacial score (nSPS) is 51.1. The van der Waals surface area contributed by atoms with Crippen molar-refractivity contribution in [3.8, 4) is 0 Å². The van der Waals surface area contributed by atoms with E-state index in [0.717, 1.165) is 0 Å². The van der Waals surface area contributed by atoms with Crippen LogP contribution in [0.15, 0.2) is 0 Å². The molecule has 0 aromatic carbocycles. The van der Waals surface area contributed by atoms with E-state index in [-0.39, 0.29) is 0 Å². The van der Waals surface area contributed by atoms with Gasteiger partial charge in [-0.05, 0) is 0 Å². The Hall–Kier alpha value is -0.110. The van der Waals surface area contributed by atoms with Gasteiger partial charge in [0.2, 0.25) is 5.79 Å². The van der Waals surface area contributed by atoms with E-state index in [1.165, 1.54) is 0 Å². The Kier molecular flexibility index (Phi) is 6.20. The van der Waals surface area contributed by atoms with Crippen LogP contribution >= 0.6 is 11.6 Å². The van der Waals surface area contributed by atoms with Gasteiger partial charge in [0.05, 0.1) is 18.6 Å². The standard InChI is InChI=1S/C12H21ClO10/c13-6-4(1-14)21-11(9(19)8(6)18)23-12(3-16)10(20)7(17)5(2-15)22-12/h4-11,14-20H,1-3H2/t4-,5-,6+,7-,8+,9-,10+,11-,12+/m1/s1. The van der Waals surface area contributed by atoms with Crippen molar-refractivity contribution in [3.05, 3.63) is 0 Å². The first-order valence-electron chi connectivity index (χ1n) is 7.01. The molecule has 10 nitrogen and oxygen atoms in total. The minimum atomic E-state index is -2.18. The van der Waals surface area contributed by atoms with Crippen molar-refractivity contribution in [3.63, 3.8) is 0 Å². The van der Waals surface area contributed by atoms with E-state index < -0.39 is 73.9 Å². The highest BCUT2D eigenvalue weighted by Gasteiger charge is 2.58. The van der Waals surface area contributed by atoms with Crippen LogP contribution in [0.2, 0.25) is 0 Å². The van der Waals surface area contributed by atoms with Crippen LogP contribution in [0.4, 0.5) is 0 Å². The second-order valence-corrected chi connectivity index (χ2v) is 6.02. The maximum Gasteiger partial charge on any atom is 0.224 e. The van der Waals surface area contributed by atoms with Gasteiger partial charge in [-0.15, -0.1) is 11.6 Å². The van der Waals surface area contributed by atoms with Crippen molar-refractivity contribution in [2.75, 3.05) is 19.8 Å². The van der Waals surface area contributed by atoms with Gasteiger partial charge in [-0.2, -0.15) is 0 Å². The van der Waals surface area contributed by atoms with Crippen molar-refractivity contribution in [2.24, 2.45) is 0 Å². The first kappa shape index (κ1) is 19.2. The highest BCUT2D eigenvalue weighted by atomic mass is 35.5. The van der Waals surface area contributed by atoms with Crippen LogP contribution in [0.3, 0.4) is 0 Å². The molecule has 7 N–H and O–H groups in total. The Labute approximate surface area is 136 Å². The molecule has 0 aliphatic carbocycles. The first-order chi connectivity index (χ1) is 10.8. The Bertz CT molecular complexity index is 398. The average molecular weight is 361 g/mol. The van der Waals surface area contributed by atoms with E-state index in [0.29, 0.717) is 0 Å². The summed E-state index contributed by atoms with van der Waals surface area (Å²) in [6, 6.07) is 0. The van der Waals surface area contributed by atoms with Gasteiger partial charge >= 0.3 is 0 Å². The maximum atomic E-state index is 10.0. The van der Waals surface area contributed by atoms with E-state index in [2.05, 4.69) is 0 Å². The number of alkyl halides is 1. The molecule has 2 aliphatic rings. The van der Waals surface area contributed by atoms with Gasteiger partial charge in [0.15, 0.2) is 6.29 Å². The third-order valence-corrected chi connectivity index (χ3v) is 4.56. The van der Waals surface area contributed by atoms with Crippen molar-refractivity contribution in [1.29, 1.82) is 0 Å². The predicted molar refractivity (Wildman–Crippen MR) is 72.3 cm³/mol. The molecule has 9 atom stereocenters. The van der Waals surface area contributed by atoms with E-state index >= 15 is 0 Å². The van der Waals surface area contributed by atoms with Gasteiger partial charge in [0, 0.05) is 0 Å². The molecule has 2 saturated heterocycles. The molecule has 0 saturated carbocycles. The van der Waals surface area contributed by atoms with Crippen molar-refractivity contribution < 1.29 is 50.0 Å². The van der Waals surface area contributed by atoms with Gasteiger partial charge in [-0.3, -0.25) is 0 Å². The van der Waals surface area contributed by atoms with Crippen LogP contribution in [-0.4, -0.2) is 110 Å². The number of aliphatic hydroxyl groups is 7. The molecule has 2 heterocycles. The summed E-state index contributed by atoms with van der Waals surface area (Å²) >= 11 is 5.82. The smallest absolute Gasteiger partial charge is 0.224 e. The number of ether oxygens (including phenoxy) is 3. The van der Waals surface area contributed by atoms with Crippen LogP contribution in [0.25, 0.3) is 0 Å². The van der Waals surface area contributed by atoms with Crippen LogP contribution < -0.4 is 0 Å². The van der Waals surface area contributed by atoms with Crippen molar-refractivity contribution in [2.45, 2.75) is 54.1 Å². The molecule has 23 heavy (non-hydrogen) atoms. The van der Waals surface area contributed by atoms with Crippen LogP contribution in [0.5, 0.6) is 0 Å². The Morgan fingerprint density at radius 3 is 2.00 bits per heavy atom. The Balaban J connectivity index is 2.18. The molecule has 0 radical (unpaired) electrons. The third-order valence-electron chi connectivity index (χ3n) is 4.02. The molecule has 0 aromatic heterocycles. The summed E-state index contributed by atoms with van der Waals surface area (Å²) in [4.78, 5) is 0. The first-order valence-corrected chi connectivity index (χ1v) is 7.45. The number of rotatable bonds is 5. The van der Waals surface area contributed by atoms with Crippen LogP contribution in [0.1, 0.15) is 0 Å². The lowest BCUT2D eigenvalue weighted by Gasteiger charge is -2.43. The molecule has 2 aliphatic heterocycles. The molecule has 0 amide bonds. The zero-order chi connectivity index (χ0) is 17.4. The lowest BCUT2D eigenvalue weighted by molar-refractivity contribution is -0.372. The topological polar surface area (TPSA) is 169 Å². The van der Waals surface area contributed by atoms with Crippen LogP contribution in [-0.2, 0) is 14.2 Å². The minimum Gasteiger partial charge on any atom is -0.394 e. The monoisotopic (exact) mass is 360 g/mol. The van der Waals surface area contributed by atoms with Gasteiger partial charge < -0.3 is 50.0 Å². The maximum absolute atomic E-state index is 10.0. The van der Waals surface area contributed by atoms with E-state index in [9.17, 15) is 30.6 Å². The summed E-state index contributed by atoms with van der Waals surface area (Å²) < 4.78 is 15.6. The molecule has 11 heteroatoms. The zero-order valence-electron chi connectivity index (χ0n) is 12.0. The zero-order valence-corrected chi connectivity index (χ0v) is 12.7. The van der Waals surface area contributed by atoms with Gasteiger partial charge in [0.1, 0.15) is 43.2 Å². The highest BCUT2D eigenvalue weighted by molar-refractivity contribution is 6.21. The summed E-state index contributed by atoms with van der Waals surface area (Å²) in [5, 5.41) is 66.3. The quantitative estimate of drug-likeness (QED) is 0.239. The van der Waals surface area contributed by atoms with Crippen LogP contribution in [0, 0.1) is 0 Å². The lowest BCUT2D eigenvalue weighted by atomic mass is 10.0. The second kappa shape index (κ2) is 7.42. The summed E-state index contributed by atoms with van der Waals surface area (Å²) in [7, 11) is 0. The fourth-order valence-corrected chi connectivity index (χ4v) is 2.89. The lowest BCUT2D eigenvalue weighted by Crippen LogP contribution is -2.61. The molecule has 0 bridgehead atoms. The van der Waals surface area contributed by atoms with Gasteiger partial charge in [-0.1, -0.05) is 0 Å². The average Bonchev–Trinajstić information content (AvgIpc) is 2.80. The fraction of sp³-hybridized carbons (Fsp3) is 1.00. The summed E-state index contributed by atoms with van der Waals surface area (Å²) in [5.41, 5.74) is 0. The van der Waals surface area contributed by atoms with Crippen molar-refractivity contribution in [1.82, 2.24) is 0 Å². The molecule has 0 unspecified atom stereocenters. The van der Waals surface area contributed by atoms with Gasteiger partial charge in [-0.25, -0.2) is 0 Å². The molecule has 2 rings (SSSR count). The van der Waals surface area contributed by atoms with Crippen molar-refractivity contribution >= 4 is 11.6 Å². The Morgan fingerprint density at radius 2 is 1.52 bits per heavy atom. The molecule has 0 aromatic rings. The summed E-state index contributed by atoms with van der Waals surface area (Å²) in [5.74, 6) is -2.18. The summed E-state index contributed by atoms with van der Waals surface area (Å²) in [6.07, 6.45) is -10.4. The molecular weight excluding hydrogens is 340 g/mol. The fourth-order valence-electron chi connectivity index (χ4n) is 2.60. The molecule has 136 valence electrons. The molecule has 0 spiro atoms. The van der Waals surface area contributed by atoms with E-state index in [4.69, 9.17) is 30.9 Å². The molecule has 2 fully saturated rings. The SMILES string of the molecule is OC[C@H]1O[C@@](CO)(O[C@H]2O[C@H](CO)[C@H](Cl)[C@H](O)[C@H]2O)[C@@H](O)[C@@H]1O. The Morgan fingerprint density at radius 1 is 0.913 bits per heavy atom. The number of halogens is 1. The number of hydrogen-bond acceptors (Lipinski definition) is 10. The number of aliphatic hydroxyl groups excluding tert-OH is 7. The number of hydrogen-bond donors (Lipinski definition) is 7. The van der Waals surface area contributed by atoms with Gasteiger partial charge in [0.25, 0.3) is 0 Å². The molecular formula is C12H21ClO10. The minimum absolute atomic E-state index is 0.574. The third kappa shape index (κ3) is 3.34. The largest absolute Gasteiger partial charge is 0.394 e. The second-order valence-electron chi connectivity index (χ2n) is 5.51. The van der Waals surface area contributed by atoms with E-state index in [1.54, 1.807) is 0 Å². The highest BCUT2D eigenvalue weighted by Crippen LogP contribution is 2.36. The summed E-state index contributed by atoms with van der Waals surface area (Å²) in [6.45, 7) is -2.16. The predicted octanol–water partition coefficient (Wildman–Crippen LogP) is -4.15.